The Morgan fingerprint density at radius 1 is 1.55 bits per heavy atom. The molecule has 0 saturated heterocycles. The van der Waals surface area contributed by atoms with Crippen molar-refractivity contribution < 1.29 is 5.11 Å². The van der Waals surface area contributed by atoms with Gasteiger partial charge in [0, 0.05) is 17.8 Å². The Balaban J connectivity index is 3.09. The zero-order valence-electron chi connectivity index (χ0n) is 6.50. The Morgan fingerprint density at radius 3 is 2.64 bits per heavy atom. The van der Waals surface area contributed by atoms with Crippen molar-refractivity contribution in [2.45, 2.75) is 19.8 Å². The van der Waals surface area contributed by atoms with Crippen molar-refractivity contribution in [3.63, 3.8) is 0 Å². The standard InChI is InChI=1S/C8H10ClNO/c1-5(2)6-4-10-8(9)3-7(6)11/h3-5H,1-2H3,(H,10,11). The topological polar surface area (TPSA) is 33.1 Å². The van der Waals surface area contributed by atoms with Crippen molar-refractivity contribution in [3.05, 3.63) is 23.0 Å². The molecular formula is C8H10ClNO. The van der Waals surface area contributed by atoms with Crippen molar-refractivity contribution >= 4 is 11.6 Å². The maximum Gasteiger partial charge on any atom is 0.132 e. The van der Waals surface area contributed by atoms with Crippen LogP contribution >= 0.6 is 11.6 Å². The lowest BCUT2D eigenvalue weighted by Crippen LogP contribution is -1.89. The second kappa shape index (κ2) is 3.09. The first-order chi connectivity index (χ1) is 5.11. The second-order valence-electron chi connectivity index (χ2n) is 2.72. The van der Waals surface area contributed by atoms with Crippen molar-refractivity contribution in [1.82, 2.24) is 4.98 Å². The average molecular weight is 172 g/mol. The molecule has 1 N–H and O–H groups in total. The Kier molecular flexibility index (Phi) is 2.35. The summed E-state index contributed by atoms with van der Waals surface area (Å²) in [6, 6.07) is 1.46. The number of hydrogen-bond acceptors (Lipinski definition) is 2. The van der Waals surface area contributed by atoms with Gasteiger partial charge in [0.2, 0.25) is 0 Å². The summed E-state index contributed by atoms with van der Waals surface area (Å²) in [4.78, 5) is 3.87. The van der Waals surface area contributed by atoms with Crippen molar-refractivity contribution in [1.29, 1.82) is 0 Å². The molecule has 0 aliphatic heterocycles. The molecule has 2 nitrogen and oxygen atoms in total. The second-order valence-corrected chi connectivity index (χ2v) is 3.11. The minimum Gasteiger partial charge on any atom is -0.507 e. The fourth-order valence-electron chi connectivity index (χ4n) is 0.876. The summed E-state index contributed by atoms with van der Waals surface area (Å²) in [7, 11) is 0. The quantitative estimate of drug-likeness (QED) is 0.659. The van der Waals surface area contributed by atoms with E-state index in [0.717, 1.165) is 5.56 Å². The molecule has 0 unspecified atom stereocenters. The summed E-state index contributed by atoms with van der Waals surface area (Å²) in [6.07, 6.45) is 1.60. The monoisotopic (exact) mass is 171 g/mol. The van der Waals surface area contributed by atoms with E-state index in [2.05, 4.69) is 4.98 Å². The number of aromatic hydroxyl groups is 1. The van der Waals surface area contributed by atoms with Gasteiger partial charge in [0.15, 0.2) is 0 Å². The summed E-state index contributed by atoms with van der Waals surface area (Å²) < 4.78 is 0. The van der Waals surface area contributed by atoms with Gasteiger partial charge in [0.1, 0.15) is 10.9 Å². The number of rotatable bonds is 1. The van der Waals surface area contributed by atoms with Gasteiger partial charge in [-0.15, -0.1) is 0 Å². The number of hydrogen-bond donors (Lipinski definition) is 1. The van der Waals surface area contributed by atoms with Crippen LogP contribution in [-0.4, -0.2) is 10.1 Å². The predicted octanol–water partition coefficient (Wildman–Crippen LogP) is 2.56. The number of pyridine rings is 1. The molecular weight excluding hydrogens is 162 g/mol. The molecule has 0 aliphatic rings. The van der Waals surface area contributed by atoms with Gasteiger partial charge in [-0.25, -0.2) is 4.98 Å². The lowest BCUT2D eigenvalue weighted by molar-refractivity contribution is 0.464. The molecule has 0 amide bonds. The lowest BCUT2D eigenvalue weighted by Gasteiger charge is -2.06. The largest absolute Gasteiger partial charge is 0.507 e. The molecule has 0 radical (unpaired) electrons. The van der Waals surface area contributed by atoms with E-state index in [1.165, 1.54) is 6.07 Å². The van der Waals surface area contributed by atoms with Crippen LogP contribution in [0.25, 0.3) is 0 Å². The predicted molar refractivity (Wildman–Crippen MR) is 45.0 cm³/mol. The highest BCUT2D eigenvalue weighted by molar-refractivity contribution is 6.29. The van der Waals surface area contributed by atoms with Crippen LogP contribution in [0.5, 0.6) is 5.75 Å². The first kappa shape index (κ1) is 8.34. The first-order valence-corrected chi connectivity index (χ1v) is 3.83. The van der Waals surface area contributed by atoms with Crippen LogP contribution < -0.4 is 0 Å². The summed E-state index contributed by atoms with van der Waals surface area (Å²) in [6.45, 7) is 3.98. The van der Waals surface area contributed by atoms with Gasteiger partial charge in [-0.2, -0.15) is 0 Å². The molecule has 1 rings (SSSR count). The minimum atomic E-state index is 0.222. The van der Waals surface area contributed by atoms with E-state index in [9.17, 15) is 5.11 Å². The van der Waals surface area contributed by atoms with Crippen LogP contribution in [0.2, 0.25) is 5.15 Å². The zero-order chi connectivity index (χ0) is 8.43. The molecule has 0 atom stereocenters. The van der Waals surface area contributed by atoms with Crippen LogP contribution in [-0.2, 0) is 0 Å². The summed E-state index contributed by atoms with van der Waals surface area (Å²) >= 11 is 5.55. The Bertz CT molecular complexity index is 260. The number of halogens is 1. The maximum absolute atomic E-state index is 9.34. The molecule has 0 spiro atoms. The summed E-state index contributed by atoms with van der Waals surface area (Å²) in [5.41, 5.74) is 0.828. The third-order valence-corrected chi connectivity index (χ3v) is 1.71. The average Bonchev–Trinajstić information content (AvgIpc) is 1.85. The molecule has 0 aliphatic carbocycles. The van der Waals surface area contributed by atoms with E-state index in [1.807, 2.05) is 13.8 Å². The van der Waals surface area contributed by atoms with E-state index < -0.39 is 0 Å². The van der Waals surface area contributed by atoms with Gasteiger partial charge in [0.05, 0.1) is 0 Å². The van der Waals surface area contributed by atoms with Gasteiger partial charge in [-0.3, -0.25) is 0 Å². The molecule has 60 valence electrons. The molecule has 0 saturated carbocycles. The molecule has 1 heterocycles. The van der Waals surface area contributed by atoms with Gasteiger partial charge in [0.25, 0.3) is 0 Å². The van der Waals surface area contributed by atoms with E-state index in [-0.39, 0.29) is 11.7 Å². The molecule has 0 aromatic carbocycles. The van der Waals surface area contributed by atoms with Crippen LogP contribution in [0.1, 0.15) is 25.3 Å². The number of nitrogens with zero attached hydrogens (tertiary/aromatic N) is 1. The molecule has 3 heteroatoms. The van der Waals surface area contributed by atoms with E-state index >= 15 is 0 Å². The van der Waals surface area contributed by atoms with Gasteiger partial charge < -0.3 is 5.11 Å². The van der Waals surface area contributed by atoms with E-state index in [0.29, 0.717) is 5.15 Å². The fourth-order valence-corrected chi connectivity index (χ4v) is 1.03. The first-order valence-electron chi connectivity index (χ1n) is 3.45. The van der Waals surface area contributed by atoms with Crippen molar-refractivity contribution in [3.8, 4) is 5.75 Å². The van der Waals surface area contributed by atoms with Gasteiger partial charge in [-0.1, -0.05) is 25.4 Å². The number of aromatic nitrogens is 1. The molecule has 11 heavy (non-hydrogen) atoms. The maximum atomic E-state index is 9.34. The lowest BCUT2D eigenvalue weighted by atomic mass is 10.1. The zero-order valence-corrected chi connectivity index (χ0v) is 7.26. The highest BCUT2D eigenvalue weighted by Crippen LogP contribution is 2.25. The third kappa shape index (κ3) is 1.84. The fraction of sp³-hybridized carbons (Fsp3) is 0.375. The normalized spacial score (nSPS) is 10.5. The highest BCUT2D eigenvalue weighted by Gasteiger charge is 2.05. The van der Waals surface area contributed by atoms with Gasteiger partial charge in [-0.05, 0) is 5.92 Å². The van der Waals surface area contributed by atoms with Crippen molar-refractivity contribution in [2.24, 2.45) is 0 Å². The van der Waals surface area contributed by atoms with E-state index in [1.54, 1.807) is 6.20 Å². The van der Waals surface area contributed by atoms with Crippen LogP contribution in [0.3, 0.4) is 0 Å². The molecule has 1 aromatic rings. The van der Waals surface area contributed by atoms with Gasteiger partial charge >= 0.3 is 0 Å². The highest BCUT2D eigenvalue weighted by atomic mass is 35.5. The minimum absolute atomic E-state index is 0.222. The smallest absolute Gasteiger partial charge is 0.132 e. The Morgan fingerprint density at radius 2 is 2.18 bits per heavy atom. The third-order valence-electron chi connectivity index (χ3n) is 1.50. The van der Waals surface area contributed by atoms with Crippen LogP contribution in [0.15, 0.2) is 12.3 Å². The van der Waals surface area contributed by atoms with Crippen LogP contribution in [0.4, 0.5) is 0 Å². The Hall–Kier alpha value is -0.760. The SMILES string of the molecule is CC(C)c1cnc(Cl)cc1O. The molecule has 1 aromatic heterocycles. The summed E-state index contributed by atoms with van der Waals surface area (Å²) in [5, 5.41) is 9.66. The van der Waals surface area contributed by atoms with Crippen molar-refractivity contribution in [2.75, 3.05) is 0 Å². The molecule has 0 fully saturated rings. The Labute approximate surface area is 70.8 Å². The molecule has 0 bridgehead atoms. The summed E-state index contributed by atoms with van der Waals surface area (Å²) in [5.74, 6) is 0.500. The van der Waals surface area contributed by atoms with Crippen LogP contribution in [0, 0.1) is 0 Å². The van der Waals surface area contributed by atoms with E-state index in [4.69, 9.17) is 11.6 Å².